The van der Waals surface area contributed by atoms with Gasteiger partial charge in [-0.1, -0.05) is 6.07 Å². The van der Waals surface area contributed by atoms with Crippen LogP contribution in [0.2, 0.25) is 0 Å². The first-order valence-corrected chi connectivity index (χ1v) is 4.72. The topological polar surface area (TPSA) is 69.2 Å². The molecule has 1 aliphatic rings. The summed E-state index contributed by atoms with van der Waals surface area (Å²) >= 11 is 0. The lowest BCUT2D eigenvalue weighted by atomic mass is 10.0. The van der Waals surface area contributed by atoms with E-state index in [9.17, 15) is 14.5 Å². The second-order valence-electron chi connectivity index (χ2n) is 4.08. The molecule has 15 heavy (non-hydrogen) atoms. The summed E-state index contributed by atoms with van der Waals surface area (Å²) in [5.74, 6) is -0.800. The zero-order valence-corrected chi connectivity index (χ0v) is 8.07. The number of hydrogen-bond acceptors (Lipinski definition) is 3. The quantitative estimate of drug-likeness (QED) is 0.610. The van der Waals surface area contributed by atoms with Crippen LogP contribution in [-0.2, 0) is 6.42 Å². The van der Waals surface area contributed by atoms with Crippen molar-refractivity contribution < 1.29 is 9.31 Å². The maximum atomic E-state index is 13.0. The Kier molecular flexibility index (Phi) is 2.19. The Morgan fingerprint density at radius 3 is 2.73 bits per heavy atom. The summed E-state index contributed by atoms with van der Waals surface area (Å²) < 4.78 is 13.0. The Hall–Kier alpha value is -1.49. The Labute approximate surface area is 86.0 Å². The molecular formula is C10H11FN2O2. The molecule has 0 aliphatic heterocycles. The molecule has 1 aromatic carbocycles. The summed E-state index contributed by atoms with van der Waals surface area (Å²) in [4.78, 5) is 9.78. The van der Waals surface area contributed by atoms with E-state index in [2.05, 4.69) is 0 Å². The van der Waals surface area contributed by atoms with Crippen LogP contribution in [0.25, 0.3) is 0 Å². The number of benzene rings is 1. The number of nitro benzene ring substituents is 1. The minimum atomic E-state index is -0.800. The lowest BCUT2D eigenvalue weighted by molar-refractivity contribution is -0.387. The first kappa shape index (κ1) is 10.0. The van der Waals surface area contributed by atoms with E-state index >= 15 is 0 Å². The van der Waals surface area contributed by atoms with Gasteiger partial charge in [0.1, 0.15) is 0 Å². The van der Waals surface area contributed by atoms with Gasteiger partial charge in [-0.3, -0.25) is 10.1 Å². The Morgan fingerprint density at radius 2 is 2.20 bits per heavy atom. The molecule has 0 radical (unpaired) electrons. The standard InChI is InChI=1S/C10H11FN2O2/c11-8-2-1-7(5-9(8)13(14)15)6-10(12)3-4-10/h1-2,5H,3-4,6,12H2. The van der Waals surface area contributed by atoms with Crippen molar-refractivity contribution in [3.63, 3.8) is 0 Å². The van der Waals surface area contributed by atoms with Crippen LogP contribution in [0, 0.1) is 15.9 Å². The van der Waals surface area contributed by atoms with Crippen molar-refractivity contribution in [3.05, 3.63) is 39.7 Å². The monoisotopic (exact) mass is 210 g/mol. The summed E-state index contributed by atoms with van der Waals surface area (Å²) in [5, 5.41) is 10.5. The molecule has 2 rings (SSSR count). The summed E-state index contributed by atoms with van der Waals surface area (Å²) in [6, 6.07) is 3.94. The molecule has 5 heteroatoms. The van der Waals surface area contributed by atoms with Gasteiger partial charge < -0.3 is 5.73 Å². The van der Waals surface area contributed by atoms with Gasteiger partial charge in [-0.05, 0) is 30.9 Å². The van der Waals surface area contributed by atoms with Crippen molar-refractivity contribution in [1.29, 1.82) is 0 Å². The molecule has 0 bridgehead atoms. The van der Waals surface area contributed by atoms with Crippen molar-refractivity contribution >= 4 is 5.69 Å². The molecule has 0 atom stereocenters. The summed E-state index contributed by atoms with van der Waals surface area (Å²) in [6.07, 6.45) is 2.43. The zero-order valence-electron chi connectivity index (χ0n) is 8.07. The molecule has 0 aromatic heterocycles. The summed E-state index contributed by atoms with van der Waals surface area (Å²) in [6.45, 7) is 0. The second-order valence-corrected chi connectivity index (χ2v) is 4.08. The van der Waals surface area contributed by atoms with Crippen LogP contribution < -0.4 is 5.73 Å². The molecule has 0 heterocycles. The summed E-state index contributed by atoms with van der Waals surface area (Å²) in [5.41, 5.74) is 5.91. The van der Waals surface area contributed by atoms with Gasteiger partial charge in [0.25, 0.3) is 0 Å². The molecule has 1 fully saturated rings. The lowest BCUT2D eigenvalue weighted by Gasteiger charge is -2.07. The van der Waals surface area contributed by atoms with Gasteiger partial charge in [0, 0.05) is 11.6 Å². The van der Waals surface area contributed by atoms with Crippen LogP contribution in [0.3, 0.4) is 0 Å². The highest BCUT2D eigenvalue weighted by atomic mass is 19.1. The van der Waals surface area contributed by atoms with E-state index < -0.39 is 16.4 Å². The van der Waals surface area contributed by atoms with Crippen molar-refractivity contribution in [2.45, 2.75) is 24.8 Å². The molecule has 0 saturated heterocycles. The predicted molar refractivity (Wildman–Crippen MR) is 52.9 cm³/mol. The molecule has 80 valence electrons. The molecule has 4 nitrogen and oxygen atoms in total. The highest BCUT2D eigenvalue weighted by Gasteiger charge is 2.38. The summed E-state index contributed by atoms with van der Waals surface area (Å²) in [7, 11) is 0. The third kappa shape index (κ3) is 2.12. The van der Waals surface area contributed by atoms with Crippen LogP contribution in [0.1, 0.15) is 18.4 Å². The zero-order chi connectivity index (χ0) is 11.1. The highest BCUT2D eigenvalue weighted by molar-refractivity contribution is 5.37. The van der Waals surface area contributed by atoms with Gasteiger partial charge >= 0.3 is 5.69 Å². The predicted octanol–water partition coefficient (Wildman–Crippen LogP) is 1.77. The van der Waals surface area contributed by atoms with Gasteiger partial charge in [0.15, 0.2) is 0 Å². The van der Waals surface area contributed by atoms with Gasteiger partial charge in [0.2, 0.25) is 5.82 Å². The van der Waals surface area contributed by atoms with Gasteiger partial charge in [0.05, 0.1) is 4.92 Å². The van der Waals surface area contributed by atoms with E-state index in [-0.39, 0.29) is 5.54 Å². The third-order valence-electron chi connectivity index (χ3n) is 2.66. The Morgan fingerprint density at radius 1 is 1.53 bits per heavy atom. The van der Waals surface area contributed by atoms with E-state index in [1.807, 2.05) is 0 Å². The van der Waals surface area contributed by atoms with E-state index in [1.165, 1.54) is 6.07 Å². The van der Waals surface area contributed by atoms with E-state index in [1.54, 1.807) is 6.07 Å². The van der Waals surface area contributed by atoms with Gasteiger partial charge in [-0.25, -0.2) is 0 Å². The first-order chi connectivity index (χ1) is 7.00. The lowest BCUT2D eigenvalue weighted by Crippen LogP contribution is -2.24. The Bertz CT molecular complexity index is 416. The SMILES string of the molecule is NC1(Cc2ccc(F)c([N+](=O)[O-])c2)CC1. The number of nitrogens with zero attached hydrogens (tertiary/aromatic N) is 1. The molecule has 1 aliphatic carbocycles. The number of nitrogens with two attached hydrogens (primary N) is 1. The minimum absolute atomic E-state index is 0.217. The maximum absolute atomic E-state index is 13.0. The van der Waals surface area contributed by atoms with Gasteiger partial charge in [-0.2, -0.15) is 4.39 Å². The molecule has 0 unspecified atom stereocenters. The molecule has 0 spiro atoms. The van der Waals surface area contributed by atoms with Crippen LogP contribution in [0.5, 0.6) is 0 Å². The van der Waals surface area contributed by atoms with Crippen LogP contribution in [-0.4, -0.2) is 10.5 Å². The van der Waals surface area contributed by atoms with Gasteiger partial charge in [-0.15, -0.1) is 0 Å². The molecular weight excluding hydrogens is 199 g/mol. The van der Waals surface area contributed by atoms with Crippen LogP contribution in [0.4, 0.5) is 10.1 Å². The average Bonchev–Trinajstić information content (AvgIpc) is 2.87. The van der Waals surface area contributed by atoms with Crippen LogP contribution in [0.15, 0.2) is 18.2 Å². The Balaban J connectivity index is 2.26. The first-order valence-electron chi connectivity index (χ1n) is 4.72. The second kappa shape index (κ2) is 3.27. The fourth-order valence-corrected chi connectivity index (χ4v) is 1.55. The third-order valence-corrected chi connectivity index (χ3v) is 2.66. The van der Waals surface area contributed by atoms with Crippen molar-refractivity contribution in [2.24, 2.45) is 5.73 Å². The van der Waals surface area contributed by atoms with E-state index in [4.69, 9.17) is 5.73 Å². The van der Waals surface area contributed by atoms with Crippen LogP contribution >= 0.6 is 0 Å². The van der Waals surface area contributed by atoms with E-state index in [0.29, 0.717) is 6.42 Å². The molecule has 1 saturated carbocycles. The number of nitro groups is 1. The molecule has 0 amide bonds. The van der Waals surface area contributed by atoms with E-state index in [0.717, 1.165) is 24.5 Å². The largest absolute Gasteiger partial charge is 0.325 e. The number of rotatable bonds is 3. The number of hydrogen-bond donors (Lipinski definition) is 1. The van der Waals surface area contributed by atoms with Crippen molar-refractivity contribution in [2.75, 3.05) is 0 Å². The fourth-order valence-electron chi connectivity index (χ4n) is 1.55. The molecule has 2 N–H and O–H groups in total. The van der Waals surface area contributed by atoms with Crippen molar-refractivity contribution in [3.8, 4) is 0 Å². The number of halogens is 1. The smallest absolute Gasteiger partial charge is 0.305 e. The minimum Gasteiger partial charge on any atom is -0.325 e. The fraction of sp³-hybridized carbons (Fsp3) is 0.400. The highest BCUT2D eigenvalue weighted by Crippen LogP contribution is 2.36. The normalized spacial score (nSPS) is 17.5. The van der Waals surface area contributed by atoms with Crippen molar-refractivity contribution in [1.82, 2.24) is 0 Å². The molecule has 1 aromatic rings. The maximum Gasteiger partial charge on any atom is 0.305 e. The average molecular weight is 210 g/mol.